The van der Waals surface area contributed by atoms with Gasteiger partial charge in [0, 0.05) is 18.3 Å². The summed E-state index contributed by atoms with van der Waals surface area (Å²) in [5.41, 5.74) is 0.617. The van der Waals surface area contributed by atoms with E-state index >= 15 is 0 Å². The highest BCUT2D eigenvalue weighted by atomic mass is 16.6. The van der Waals surface area contributed by atoms with Gasteiger partial charge in [0.25, 0.3) is 0 Å². The summed E-state index contributed by atoms with van der Waals surface area (Å²) in [6.07, 6.45) is 10.8. The normalized spacial score (nSPS) is 56.7. The fourth-order valence-electron chi connectivity index (χ4n) is 8.68. The highest BCUT2D eigenvalue weighted by Crippen LogP contribution is 2.69. The van der Waals surface area contributed by atoms with Crippen LogP contribution in [0.15, 0.2) is 0 Å². The molecule has 8 atom stereocenters. The largest absolute Gasteiger partial charge is 0.373 e. The lowest BCUT2D eigenvalue weighted by molar-refractivity contribution is -0.255. The van der Waals surface area contributed by atoms with E-state index in [1.54, 1.807) is 0 Å². The van der Waals surface area contributed by atoms with Crippen LogP contribution >= 0.6 is 0 Å². The van der Waals surface area contributed by atoms with Crippen molar-refractivity contribution in [2.45, 2.75) is 90.3 Å². The Hall–Kier alpha value is -0.410. The predicted molar refractivity (Wildman–Crippen MR) is 101 cm³/mol. The van der Waals surface area contributed by atoms with Crippen molar-refractivity contribution in [2.24, 2.45) is 34.5 Å². The lowest BCUT2D eigenvalue weighted by Gasteiger charge is -2.62. The molecule has 0 radical (unpaired) electrons. The summed E-state index contributed by atoms with van der Waals surface area (Å²) in [7, 11) is 0. The molecule has 5 aliphatic rings. The zero-order chi connectivity index (χ0) is 18.2. The van der Waals surface area contributed by atoms with Crippen LogP contribution in [-0.4, -0.2) is 30.7 Å². The van der Waals surface area contributed by atoms with Gasteiger partial charge in [-0.1, -0.05) is 13.8 Å². The summed E-state index contributed by atoms with van der Waals surface area (Å²) in [5, 5.41) is 0. The second kappa shape index (κ2) is 5.80. The van der Waals surface area contributed by atoms with E-state index in [9.17, 15) is 4.79 Å². The second-order valence-corrected chi connectivity index (χ2v) is 10.6. The molecule has 1 saturated heterocycles. The van der Waals surface area contributed by atoms with Gasteiger partial charge in [-0.15, -0.1) is 0 Å². The molecule has 1 aliphatic heterocycles. The van der Waals surface area contributed by atoms with Crippen molar-refractivity contribution >= 4 is 5.78 Å². The van der Waals surface area contributed by atoms with Crippen molar-refractivity contribution in [1.82, 2.24) is 0 Å². The molecule has 146 valence electrons. The van der Waals surface area contributed by atoms with Gasteiger partial charge in [-0.2, -0.15) is 0 Å². The number of carbonyl (C=O) groups excluding carboxylic acids is 1. The van der Waals surface area contributed by atoms with Gasteiger partial charge in [0.1, 0.15) is 5.78 Å². The zero-order valence-electron chi connectivity index (χ0n) is 16.9. The standard InChI is InChI=1S/C23H36O3/c1-15-23(26-13-12-25-15)11-8-20-18-5-4-16-14-17(24)6-9-21(16,2)19(18)7-10-22(20,23)3/h15-16,18-20H,4-14H2,1-3H3/t15?,16-,18+,19-,20-,21-,22-,23-/m0/s1. The first-order valence-electron chi connectivity index (χ1n) is 11.2. The van der Waals surface area contributed by atoms with Gasteiger partial charge in [-0.3, -0.25) is 4.79 Å². The van der Waals surface area contributed by atoms with Gasteiger partial charge in [0.05, 0.1) is 24.9 Å². The van der Waals surface area contributed by atoms with E-state index in [1.165, 1.54) is 38.5 Å². The van der Waals surface area contributed by atoms with E-state index in [4.69, 9.17) is 9.47 Å². The molecule has 1 spiro atoms. The maximum atomic E-state index is 12.1. The molecular weight excluding hydrogens is 324 g/mol. The van der Waals surface area contributed by atoms with Gasteiger partial charge in [-0.05, 0) is 81.0 Å². The molecule has 0 amide bonds. The summed E-state index contributed by atoms with van der Waals surface area (Å²) in [6, 6.07) is 0. The van der Waals surface area contributed by atoms with Crippen LogP contribution in [0.4, 0.5) is 0 Å². The van der Waals surface area contributed by atoms with Crippen LogP contribution in [-0.2, 0) is 14.3 Å². The molecular formula is C23H36O3. The number of hydrogen-bond donors (Lipinski definition) is 0. The van der Waals surface area contributed by atoms with E-state index in [0.717, 1.165) is 50.2 Å². The van der Waals surface area contributed by atoms with Crippen LogP contribution in [0, 0.1) is 34.5 Å². The van der Waals surface area contributed by atoms with Gasteiger partial charge >= 0.3 is 0 Å². The Kier molecular flexibility index (Phi) is 3.94. The topological polar surface area (TPSA) is 35.5 Å². The summed E-state index contributed by atoms with van der Waals surface area (Å²) < 4.78 is 12.7. The third-order valence-corrected chi connectivity index (χ3v) is 10.1. The van der Waals surface area contributed by atoms with Gasteiger partial charge in [0.2, 0.25) is 0 Å². The molecule has 26 heavy (non-hydrogen) atoms. The van der Waals surface area contributed by atoms with Crippen molar-refractivity contribution in [3.63, 3.8) is 0 Å². The molecule has 3 nitrogen and oxygen atoms in total. The molecule has 5 rings (SSSR count). The maximum Gasteiger partial charge on any atom is 0.133 e. The number of Topliss-reactive ketones (excluding diaryl/α,β-unsaturated/α-hetero) is 1. The van der Waals surface area contributed by atoms with Crippen molar-refractivity contribution in [3.05, 3.63) is 0 Å². The molecule has 1 heterocycles. The Morgan fingerprint density at radius 2 is 1.77 bits per heavy atom. The highest BCUT2D eigenvalue weighted by Gasteiger charge is 2.67. The molecule has 4 saturated carbocycles. The van der Waals surface area contributed by atoms with Crippen LogP contribution in [0.3, 0.4) is 0 Å². The molecule has 0 bridgehead atoms. The third-order valence-electron chi connectivity index (χ3n) is 10.1. The summed E-state index contributed by atoms with van der Waals surface area (Å²) >= 11 is 0. The number of rotatable bonds is 0. The molecule has 0 N–H and O–H groups in total. The van der Waals surface area contributed by atoms with Crippen LogP contribution in [0.25, 0.3) is 0 Å². The average Bonchev–Trinajstić information content (AvgIpc) is 2.92. The SMILES string of the molecule is CC1OCCO[C@@]12CC[C@H]1[C@@H]3CC[C@H]4CC(=O)CC[C@]4(C)[C@H]3CC[C@@]12C. The Balaban J connectivity index is 1.46. The van der Waals surface area contributed by atoms with Crippen LogP contribution in [0.1, 0.15) is 78.6 Å². The van der Waals surface area contributed by atoms with E-state index < -0.39 is 0 Å². The van der Waals surface area contributed by atoms with Crippen molar-refractivity contribution < 1.29 is 14.3 Å². The smallest absolute Gasteiger partial charge is 0.133 e. The molecule has 5 fully saturated rings. The van der Waals surface area contributed by atoms with Crippen molar-refractivity contribution in [3.8, 4) is 0 Å². The number of ketones is 1. The fourth-order valence-corrected chi connectivity index (χ4v) is 8.68. The Labute approximate surface area is 158 Å². The van der Waals surface area contributed by atoms with E-state index in [2.05, 4.69) is 20.8 Å². The quantitative estimate of drug-likeness (QED) is 0.624. The van der Waals surface area contributed by atoms with Crippen molar-refractivity contribution in [2.75, 3.05) is 13.2 Å². The van der Waals surface area contributed by atoms with E-state index in [-0.39, 0.29) is 17.1 Å². The highest BCUT2D eigenvalue weighted by molar-refractivity contribution is 5.79. The Bertz CT molecular complexity index is 602. The zero-order valence-corrected chi connectivity index (χ0v) is 16.9. The summed E-state index contributed by atoms with van der Waals surface area (Å²) in [5.74, 6) is 3.61. The first-order chi connectivity index (χ1) is 12.4. The minimum absolute atomic E-state index is 0.0544. The fraction of sp³-hybridized carbons (Fsp3) is 0.957. The van der Waals surface area contributed by atoms with Crippen LogP contribution in [0.2, 0.25) is 0 Å². The Morgan fingerprint density at radius 3 is 2.58 bits per heavy atom. The lowest BCUT2D eigenvalue weighted by atomic mass is 9.44. The number of hydrogen-bond acceptors (Lipinski definition) is 3. The van der Waals surface area contributed by atoms with Gasteiger partial charge in [-0.25, -0.2) is 0 Å². The van der Waals surface area contributed by atoms with Gasteiger partial charge < -0.3 is 9.47 Å². The molecule has 0 aromatic rings. The van der Waals surface area contributed by atoms with Crippen LogP contribution < -0.4 is 0 Å². The molecule has 0 aromatic carbocycles. The third kappa shape index (κ3) is 2.11. The van der Waals surface area contributed by atoms with Crippen LogP contribution in [0.5, 0.6) is 0 Å². The molecule has 0 aromatic heterocycles. The van der Waals surface area contributed by atoms with E-state index in [0.29, 0.717) is 17.1 Å². The molecule has 4 aliphatic carbocycles. The predicted octanol–water partition coefficient (Wildman–Crippen LogP) is 4.77. The number of ether oxygens (including phenoxy) is 2. The molecule has 1 unspecified atom stereocenters. The number of fused-ring (bicyclic) bond motifs is 6. The summed E-state index contributed by atoms with van der Waals surface area (Å²) in [4.78, 5) is 12.1. The minimum Gasteiger partial charge on any atom is -0.373 e. The maximum absolute atomic E-state index is 12.1. The average molecular weight is 361 g/mol. The Morgan fingerprint density at radius 1 is 0.962 bits per heavy atom. The molecule has 3 heteroatoms. The first kappa shape index (κ1) is 17.7. The first-order valence-corrected chi connectivity index (χ1v) is 11.2. The van der Waals surface area contributed by atoms with Crippen molar-refractivity contribution in [1.29, 1.82) is 0 Å². The lowest BCUT2D eigenvalue weighted by Crippen LogP contribution is -2.62. The monoisotopic (exact) mass is 360 g/mol. The number of carbonyl (C=O) groups is 1. The second-order valence-electron chi connectivity index (χ2n) is 10.6. The summed E-state index contributed by atoms with van der Waals surface area (Å²) in [6.45, 7) is 8.85. The minimum atomic E-state index is -0.0544. The van der Waals surface area contributed by atoms with Gasteiger partial charge in [0.15, 0.2) is 0 Å². The van der Waals surface area contributed by atoms with E-state index in [1.807, 2.05) is 0 Å².